The third-order valence-electron chi connectivity index (χ3n) is 5.59. The summed E-state index contributed by atoms with van der Waals surface area (Å²) < 4.78 is 0. The first-order valence-corrected chi connectivity index (χ1v) is 13.5. The van der Waals surface area contributed by atoms with E-state index in [2.05, 4.69) is 5.32 Å². The molecule has 3 aromatic carbocycles. The predicted molar refractivity (Wildman–Crippen MR) is 147 cm³/mol. The van der Waals surface area contributed by atoms with Crippen molar-refractivity contribution in [1.82, 2.24) is 10.2 Å². The molecule has 0 bridgehead atoms. The maximum Gasteiger partial charge on any atom is 0.243 e. The van der Waals surface area contributed by atoms with Crippen molar-refractivity contribution in [2.75, 3.05) is 12.3 Å². The van der Waals surface area contributed by atoms with Crippen LogP contribution in [-0.2, 0) is 28.3 Å². The van der Waals surface area contributed by atoms with Gasteiger partial charge in [0.25, 0.3) is 0 Å². The average Bonchev–Trinajstić information content (AvgIpc) is 2.84. The van der Waals surface area contributed by atoms with E-state index in [0.717, 1.165) is 22.3 Å². The zero-order valence-electron chi connectivity index (χ0n) is 20.0. The molecular weight excluding hydrogens is 499 g/mol. The number of rotatable bonds is 11. The minimum Gasteiger partial charge on any atom is -0.355 e. The smallest absolute Gasteiger partial charge is 0.243 e. The van der Waals surface area contributed by atoms with E-state index in [0.29, 0.717) is 35.3 Å². The van der Waals surface area contributed by atoms with E-state index in [-0.39, 0.29) is 17.6 Å². The number of likely N-dealkylation sites (N-methyl/N-ethyl adjacent to an activating group) is 1. The van der Waals surface area contributed by atoms with Gasteiger partial charge < -0.3 is 10.2 Å². The lowest BCUT2D eigenvalue weighted by Gasteiger charge is -2.31. The van der Waals surface area contributed by atoms with E-state index in [1.54, 1.807) is 23.1 Å². The van der Waals surface area contributed by atoms with Gasteiger partial charge in [0.05, 0.1) is 5.75 Å². The fraction of sp³-hybridized carbons (Fsp3) is 0.286. The van der Waals surface area contributed by atoms with Crippen molar-refractivity contribution < 1.29 is 9.59 Å². The average molecular weight is 530 g/mol. The fourth-order valence-electron chi connectivity index (χ4n) is 3.85. The van der Waals surface area contributed by atoms with Gasteiger partial charge in [0.1, 0.15) is 6.04 Å². The molecule has 1 N–H and O–H groups in total. The lowest BCUT2D eigenvalue weighted by Crippen LogP contribution is -2.51. The highest BCUT2D eigenvalue weighted by atomic mass is 35.5. The number of carbonyl (C=O) groups is 2. The number of carbonyl (C=O) groups excluding carboxylic acids is 2. The monoisotopic (exact) mass is 528 g/mol. The van der Waals surface area contributed by atoms with Crippen molar-refractivity contribution in [2.24, 2.45) is 0 Å². The van der Waals surface area contributed by atoms with Gasteiger partial charge in [0, 0.05) is 35.3 Å². The molecule has 0 aliphatic rings. The molecule has 0 unspecified atom stereocenters. The summed E-state index contributed by atoms with van der Waals surface area (Å²) in [6, 6.07) is 22.6. The van der Waals surface area contributed by atoms with Gasteiger partial charge in [-0.15, -0.1) is 11.8 Å². The number of halogens is 2. The summed E-state index contributed by atoms with van der Waals surface area (Å²) >= 11 is 14.0. The van der Waals surface area contributed by atoms with Gasteiger partial charge in [-0.1, -0.05) is 89.4 Å². The molecule has 4 nitrogen and oxygen atoms in total. The predicted octanol–water partition coefficient (Wildman–Crippen LogP) is 6.31. The Kier molecular flexibility index (Phi) is 10.5. The molecule has 0 aliphatic heterocycles. The van der Waals surface area contributed by atoms with Gasteiger partial charge in [-0.05, 0) is 42.7 Å². The first kappa shape index (κ1) is 27.1. The Morgan fingerprint density at radius 2 is 1.60 bits per heavy atom. The van der Waals surface area contributed by atoms with Crippen LogP contribution < -0.4 is 5.32 Å². The van der Waals surface area contributed by atoms with E-state index in [9.17, 15) is 9.59 Å². The highest BCUT2D eigenvalue weighted by molar-refractivity contribution is 7.99. The Hall–Kier alpha value is -2.47. The van der Waals surface area contributed by atoms with Crippen LogP contribution in [0.5, 0.6) is 0 Å². The lowest BCUT2D eigenvalue weighted by molar-refractivity contribution is -0.139. The summed E-state index contributed by atoms with van der Waals surface area (Å²) in [5, 5.41) is 4.08. The standard InChI is InChI=1S/C28H30Cl2N2O2S/c1-3-31-28(34)26(16-21-10-5-4-6-11-21)32(17-22-12-7-9-20(2)15-22)27(33)19-35-18-23-24(29)13-8-14-25(23)30/h4-15,26H,3,16-19H2,1-2H3,(H,31,34)/t26-/m1/s1. The van der Waals surface area contributed by atoms with Crippen molar-refractivity contribution >= 4 is 46.8 Å². The number of hydrogen-bond donors (Lipinski definition) is 1. The number of nitrogens with one attached hydrogen (secondary N) is 1. The van der Waals surface area contributed by atoms with Crippen molar-refractivity contribution in [3.63, 3.8) is 0 Å². The molecule has 0 spiro atoms. The molecular formula is C28H30Cl2N2O2S. The summed E-state index contributed by atoms with van der Waals surface area (Å²) in [7, 11) is 0. The summed E-state index contributed by atoms with van der Waals surface area (Å²) in [6.07, 6.45) is 0.436. The Bertz CT molecular complexity index is 1120. The van der Waals surface area contributed by atoms with Crippen LogP contribution in [0.25, 0.3) is 0 Å². The van der Waals surface area contributed by atoms with E-state index < -0.39 is 6.04 Å². The second kappa shape index (κ2) is 13.6. The molecule has 0 saturated carbocycles. The minimum atomic E-state index is -0.630. The number of benzene rings is 3. The molecule has 0 heterocycles. The third-order valence-corrected chi connectivity index (χ3v) is 7.24. The van der Waals surface area contributed by atoms with E-state index in [1.165, 1.54) is 11.8 Å². The molecule has 184 valence electrons. The minimum absolute atomic E-state index is 0.105. The molecule has 1 atom stereocenters. The molecule has 3 rings (SSSR count). The van der Waals surface area contributed by atoms with Gasteiger partial charge in [-0.3, -0.25) is 9.59 Å². The fourth-order valence-corrected chi connectivity index (χ4v) is 5.49. The molecule has 7 heteroatoms. The van der Waals surface area contributed by atoms with Crippen LogP contribution >= 0.6 is 35.0 Å². The molecule has 0 fully saturated rings. The van der Waals surface area contributed by atoms with Crippen LogP contribution in [0, 0.1) is 6.92 Å². The third kappa shape index (κ3) is 8.03. The van der Waals surface area contributed by atoms with Crippen molar-refractivity contribution in [1.29, 1.82) is 0 Å². The van der Waals surface area contributed by atoms with Crippen LogP contribution in [0.4, 0.5) is 0 Å². The highest BCUT2D eigenvalue weighted by Crippen LogP contribution is 2.28. The van der Waals surface area contributed by atoms with E-state index in [4.69, 9.17) is 23.2 Å². The Morgan fingerprint density at radius 1 is 0.943 bits per heavy atom. The number of amides is 2. The van der Waals surface area contributed by atoms with Gasteiger partial charge >= 0.3 is 0 Å². The van der Waals surface area contributed by atoms with Crippen LogP contribution in [-0.4, -0.2) is 35.1 Å². The van der Waals surface area contributed by atoms with Crippen molar-refractivity contribution in [3.05, 3.63) is 105 Å². The lowest BCUT2D eigenvalue weighted by atomic mass is 10.0. The zero-order chi connectivity index (χ0) is 25.2. The zero-order valence-corrected chi connectivity index (χ0v) is 22.3. The molecule has 0 saturated heterocycles. The van der Waals surface area contributed by atoms with Crippen molar-refractivity contribution in [2.45, 2.75) is 38.6 Å². The first-order chi connectivity index (χ1) is 16.9. The summed E-state index contributed by atoms with van der Waals surface area (Å²) in [6.45, 7) is 4.75. The van der Waals surface area contributed by atoms with Crippen molar-refractivity contribution in [3.8, 4) is 0 Å². The van der Waals surface area contributed by atoms with Crippen LogP contribution in [0.1, 0.15) is 29.2 Å². The second-order valence-electron chi connectivity index (χ2n) is 8.30. The highest BCUT2D eigenvalue weighted by Gasteiger charge is 2.30. The largest absolute Gasteiger partial charge is 0.355 e. The van der Waals surface area contributed by atoms with Crippen LogP contribution in [0.3, 0.4) is 0 Å². The molecule has 3 aromatic rings. The van der Waals surface area contributed by atoms with Gasteiger partial charge in [0.2, 0.25) is 11.8 Å². The van der Waals surface area contributed by atoms with E-state index >= 15 is 0 Å². The molecule has 0 aromatic heterocycles. The number of thioether (sulfide) groups is 1. The normalized spacial score (nSPS) is 11.7. The number of hydrogen-bond acceptors (Lipinski definition) is 3. The SMILES string of the molecule is CCNC(=O)[C@@H](Cc1ccccc1)N(Cc1cccc(C)c1)C(=O)CSCc1c(Cl)cccc1Cl. The van der Waals surface area contributed by atoms with Gasteiger partial charge in [0.15, 0.2) is 0 Å². The quantitative estimate of drug-likeness (QED) is 0.317. The maximum absolute atomic E-state index is 13.6. The molecule has 0 aliphatic carbocycles. The number of aryl methyl sites for hydroxylation is 1. The van der Waals surface area contributed by atoms with Crippen LogP contribution in [0.2, 0.25) is 10.0 Å². The van der Waals surface area contributed by atoms with Crippen LogP contribution in [0.15, 0.2) is 72.8 Å². The Balaban J connectivity index is 1.85. The molecule has 35 heavy (non-hydrogen) atoms. The Morgan fingerprint density at radius 3 is 2.26 bits per heavy atom. The molecule has 0 radical (unpaired) electrons. The Labute approximate surface area is 222 Å². The topological polar surface area (TPSA) is 49.4 Å². The molecule has 2 amide bonds. The summed E-state index contributed by atoms with van der Waals surface area (Å²) in [5.74, 6) is 0.453. The summed E-state index contributed by atoms with van der Waals surface area (Å²) in [5.41, 5.74) is 3.90. The second-order valence-corrected chi connectivity index (χ2v) is 10.1. The van der Waals surface area contributed by atoms with Gasteiger partial charge in [-0.25, -0.2) is 0 Å². The van der Waals surface area contributed by atoms with Gasteiger partial charge in [-0.2, -0.15) is 0 Å². The maximum atomic E-state index is 13.6. The first-order valence-electron chi connectivity index (χ1n) is 11.6. The number of nitrogens with zero attached hydrogens (tertiary/aromatic N) is 1. The van der Waals surface area contributed by atoms with E-state index in [1.807, 2.05) is 68.4 Å². The summed E-state index contributed by atoms with van der Waals surface area (Å²) in [4.78, 5) is 28.5.